The lowest BCUT2D eigenvalue weighted by atomic mass is 9.96. The van der Waals surface area contributed by atoms with Crippen molar-refractivity contribution >= 4 is 11.4 Å². The van der Waals surface area contributed by atoms with Crippen LogP contribution in [0.1, 0.15) is 29.2 Å². The molecule has 1 aliphatic carbocycles. The molecule has 154 valence electrons. The zero-order valence-corrected chi connectivity index (χ0v) is 17.3. The van der Waals surface area contributed by atoms with E-state index < -0.39 is 5.92 Å². The third-order valence-electron chi connectivity index (χ3n) is 5.80. The molecule has 0 saturated heterocycles. The molecular formula is C26H26F2N2. The summed E-state index contributed by atoms with van der Waals surface area (Å²) in [4.78, 5) is 0. The van der Waals surface area contributed by atoms with E-state index in [9.17, 15) is 8.78 Å². The van der Waals surface area contributed by atoms with Crippen molar-refractivity contribution in [1.82, 2.24) is 5.32 Å². The van der Waals surface area contributed by atoms with Crippen LogP contribution in [-0.4, -0.2) is 13.1 Å². The van der Waals surface area contributed by atoms with Crippen LogP contribution in [0.2, 0.25) is 0 Å². The van der Waals surface area contributed by atoms with Gasteiger partial charge < -0.3 is 10.6 Å². The van der Waals surface area contributed by atoms with Crippen molar-refractivity contribution in [2.24, 2.45) is 0 Å². The highest BCUT2D eigenvalue weighted by Crippen LogP contribution is 2.33. The van der Waals surface area contributed by atoms with Crippen molar-refractivity contribution in [3.05, 3.63) is 95.6 Å². The molecule has 0 aromatic heterocycles. The van der Waals surface area contributed by atoms with Crippen molar-refractivity contribution in [1.29, 1.82) is 0 Å². The van der Waals surface area contributed by atoms with E-state index in [4.69, 9.17) is 0 Å². The molecule has 0 radical (unpaired) electrons. The fraction of sp³-hybridized carbons (Fsp3) is 0.231. The van der Waals surface area contributed by atoms with E-state index in [1.54, 1.807) is 12.1 Å². The Morgan fingerprint density at radius 2 is 1.67 bits per heavy atom. The summed E-state index contributed by atoms with van der Waals surface area (Å²) in [7, 11) is 2.00. The van der Waals surface area contributed by atoms with Gasteiger partial charge in [0.2, 0.25) is 0 Å². The molecule has 0 spiro atoms. The van der Waals surface area contributed by atoms with Gasteiger partial charge >= 0.3 is 0 Å². The normalized spacial score (nSPS) is 15.7. The van der Waals surface area contributed by atoms with Crippen LogP contribution in [0.3, 0.4) is 0 Å². The van der Waals surface area contributed by atoms with Gasteiger partial charge in [0.15, 0.2) is 0 Å². The van der Waals surface area contributed by atoms with Gasteiger partial charge in [0.1, 0.15) is 0 Å². The smallest absolute Gasteiger partial charge is 0.270 e. The van der Waals surface area contributed by atoms with Crippen LogP contribution in [0.25, 0.3) is 16.8 Å². The minimum absolute atomic E-state index is 0.0127. The Labute approximate surface area is 176 Å². The molecule has 30 heavy (non-hydrogen) atoms. The van der Waals surface area contributed by atoms with Crippen LogP contribution in [0, 0.1) is 0 Å². The number of hydrogen-bond donors (Lipinski definition) is 2. The maximum absolute atomic E-state index is 13.6. The molecule has 0 fully saturated rings. The lowest BCUT2D eigenvalue weighted by Crippen LogP contribution is -2.24. The summed E-state index contributed by atoms with van der Waals surface area (Å²) in [5.41, 5.74) is 7.32. The first-order valence-electron chi connectivity index (χ1n) is 10.2. The summed E-state index contributed by atoms with van der Waals surface area (Å²) in [5, 5.41) is 6.78. The molecule has 3 aromatic carbocycles. The Balaban J connectivity index is 1.58. The number of likely N-dealkylation sites (N-methyl/N-ethyl adjacent to an activating group) is 1. The average molecular weight is 405 g/mol. The second-order valence-corrected chi connectivity index (χ2v) is 7.99. The van der Waals surface area contributed by atoms with Gasteiger partial charge in [-0.3, -0.25) is 0 Å². The predicted octanol–water partition coefficient (Wildman–Crippen LogP) is 6.23. The van der Waals surface area contributed by atoms with Gasteiger partial charge in [-0.1, -0.05) is 61.2 Å². The first-order chi connectivity index (χ1) is 14.3. The molecule has 2 N–H and O–H groups in total. The third-order valence-corrected chi connectivity index (χ3v) is 5.80. The molecule has 0 bridgehead atoms. The average Bonchev–Trinajstić information content (AvgIpc) is 3.16. The zero-order chi connectivity index (χ0) is 21.3. The predicted molar refractivity (Wildman–Crippen MR) is 121 cm³/mol. The second kappa shape index (κ2) is 8.04. The van der Waals surface area contributed by atoms with Gasteiger partial charge in [-0.15, -0.1) is 0 Å². The molecule has 1 aliphatic rings. The van der Waals surface area contributed by atoms with E-state index in [2.05, 4.69) is 35.4 Å². The Morgan fingerprint density at radius 3 is 2.37 bits per heavy atom. The minimum Gasteiger partial charge on any atom is -0.355 e. The largest absolute Gasteiger partial charge is 0.355 e. The number of nitrogens with one attached hydrogen (secondary N) is 2. The molecule has 0 heterocycles. The second-order valence-electron chi connectivity index (χ2n) is 7.99. The van der Waals surface area contributed by atoms with Crippen LogP contribution in [0.4, 0.5) is 14.5 Å². The van der Waals surface area contributed by atoms with E-state index in [0.29, 0.717) is 6.04 Å². The van der Waals surface area contributed by atoms with Crippen LogP contribution in [0.5, 0.6) is 0 Å². The molecule has 1 unspecified atom stereocenters. The summed E-state index contributed by atoms with van der Waals surface area (Å²) in [6, 6.07) is 21.3. The van der Waals surface area contributed by atoms with Crippen molar-refractivity contribution in [3.63, 3.8) is 0 Å². The molecule has 4 rings (SSSR count). The standard InChI is InChI=1S/C26H26F2N2/c1-17(30-22-13-10-19-14-23(29-3)16-20(19)15-22)24-6-4-5-7-25(24)18-8-11-21(12-9-18)26(2,27)28/h4-13,15,23,29-30H,1,14,16H2,2-3H3. The van der Waals surface area contributed by atoms with E-state index in [-0.39, 0.29) is 5.56 Å². The summed E-state index contributed by atoms with van der Waals surface area (Å²) >= 11 is 0. The Morgan fingerprint density at radius 1 is 0.967 bits per heavy atom. The summed E-state index contributed by atoms with van der Waals surface area (Å²) in [6.07, 6.45) is 2.08. The Bertz CT molecular complexity index is 1070. The zero-order valence-electron chi connectivity index (χ0n) is 17.3. The van der Waals surface area contributed by atoms with E-state index in [1.807, 2.05) is 31.3 Å². The quantitative estimate of drug-likeness (QED) is 0.508. The van der Waals surface area contributed by atoms with Gasteiger partial charge in [-0.25, -0.2) is 8.78 Å². The lowest BCUT2D eigenvalue weighted by molar-refractivity contribution is 0.0175. The van der Waals surface area contributed by atoms with Crippen molar-refractivity contribution < 1.29 is 8.78 Å². The summed E-state index contributed by atoms with van der Waals surface area (Å²) in [6.45, 7) is 5.16. The minimum atomic E-state index is -2.84. The number of benzene rings is 3. The van der Waals surface area contributed by atoms with E-state index >= 15 is 0 Å². The third kappa shape index (κ3) is 4.14. The van der Waals surface area contributed by atoms with Gasteiger partial charge in [0.05, 0.1) is 0 Å². The number of fused-ring (bicyclic) bond motifs is 1. The maximum Gasteiger partial charge on any atom is 0.270 e. The Hall–Kier alpha value is -2.98. The van der Waals surface area contributed by atoms with Crippen molar-refractivity contribution in [3.8, 4) is 11.1 Å². The molecule has 0 saturated carbocycles. The SMILES string of the molecule is C=C(Nc1ccc2c(c1)CC(NC)C2)c1ccccc1-c1ccc(C(C)(F)F)cc1. The van der Waals surface area contributed by atoms with Gasteiger partial charge in [-0.2, -0.15) is 0 Å². The highest BCUT2D eigenvalue weighted by atomic mass is 19.3. The molecular weight excluding hydrogens is 378 g/mol. The van der Waals surface area contributed by atoms with Crippen LogP contribution in [0.15, 0.2) is 73.3 Å². The molecule has 2 nitrogen and oxygen atoms in total. The number of halogens is 2. The van der Waals surface area contributed by atoms with Gasteiger partial charge in [-0.05, 0) is 54.3 Å². The fourth-order valence-electron chi connectivity index (χ4n) is 4.08. The number of hydrogen-bond acceptors (Lipinski definition) is 2. The van der Waals surface area contributed by atoms with Gasteiger partial charge in [0.25, 0.3) is 5.92 Å². The molecule has 0 amide bonds. The van der Waals surface area contributed by atoms with Crippen LogP contribution < -0.4 is 10.6 Å². The lowest BCUT2D eigenvalue weighted by Gasteiger charge is -2.16. The van der Waals surface area contributed by atoms with Crippen molar-refractivity contribution in [2.75, 3.05) is 12.4 Å². The first kappa shape index (κ1) is 20.3. The van der Waals surface area contributed by atoms with Crippen molar-refractivity contribution in [2.45, 2.75) is 31.7 Å². The van der Waals surface area contributed by atoms with Gasteiger partial charge in [0, 0.05) is 35.5 Å². The number of anilines is 1. The van der Waals surface area contributed by atoms with Crippen LogP contribution in [-0.2, 0) is 18.8 Å². The first-order valence-corrected chi connectivity index (χ1v) is 10.2. The number of rotatable bonds is 6. The number of alkyl halides is 2. The van der Waals surface area contributed by atoms with E-state index in [1.165, 1.54) is 23.3 Å². The fourth-order valence-corrected chi connectivity index (χ4v) is 4.08. The molecule has 4 heteroatoms. The summed E-state index contributed by atoms with van der Waals surface area (Å²) < 4.78 is 27.1. The highest BCUT2D eigenvalue weighted by Gasteiger charge is 2.24. The molecule has 3 aromatic rings. The highest BCUT2D eigenvalue weighted by molar-refractivity contribution is 5.85. The molecule has 0 aliphatic heterocycles. The van der Waals surface area contributed by atoms with E-state index in [0.717, 1.165) is 47.8 Å². The Kier molecular flexibility index (Phi) is 5.44. The maximum atomic E-state index is 13.6. The summed E-state index contributed by atoms with van der Waals surface area (Å²) in [5.74, 6) is -2.84. The monoisotopic (exact) mass is 404 g/mol. The molecule has 1 atom stereocenters. The van der Waals surface area contributed by atoms with Crippen LogP contribution >= 0.6 is 0 Å². The topological polar surface area (TPSA) is 24.1 Å².